The van der Waals surface area contributed by atoms with E-state index in [9.17, 15) is 0 Å². The van der Waals surface area contributed by atoms with Gasteiger partial charge in [-0.3, -0.25) is 0 Å². The molecule has 1 heterocycles. The van der Waals surface area contributed by atoms with Gasteiger partial charge in [0.05, 0.1) is 0 Å². The van der Waals surface area contributed by atoms with Gasteiger partial charge >= 0.3 is 0 Å². The Kier molecular flexibility index (Phi) is 5.00. The Morgan fingerprint density at radius 3 is 2.42 bits per heavy atom. The molecule has 0 spiro atoms. The van der Waals surface area contributed by atoms with Crippen LogP contribution in [0.4, 0.5) is 0 Å². The van der Waals surface area contributed by atoms with Crippen molar-refractivity contribution in [2.75, 3.05) is 6.54 Å². The smallest absolute Gasteiger partial charge is 0.137 e. The number of nitrogens with two attached hydrogens (primary N) is 1. The quantitative estimate of drug-likeness (QED) is 0.851. The first-order chi connectivity index (χ1) is 9.24. The van der Waals surface area contributed by atoms with Gasteiger partial charge in [0.2, 0.25) is 0 Å². The van der Waals surface area contributed by atoms with E-state index in [0.717, 1.165) is 17.7 Å². The summed E-state index contributed by atoms with van der Waals surface area (Å²) in [6, 6.07) is 10.4. The number of thiophene rings is 1. The second-order valence-corrected chi connectivity index (χ2v) is 5.56. The highest BCUT2D eigenvalue weighted by Crippen LogP contribution is 2.25. The van der Waals surface area contributed by atoms with Crippen molar-refractivity contribution in [1.29, 1.82) is 0 Å². The summed E-state index contributed by atoms with van der Waals surface area (Å²) in [7, 11) is 0. The fourth-order valence-electron chi connectivity index (χ4n) is 1.99. The van der Waals surface area contributed by atoms with Crippen LogP contribution in [0.5, 0.6) is 5.75 Å². The molecule has 2 rings (SSSR count). The Morgan fingerprint density at radius 2 is 1.89 bits per heavy atom. The van der Waals surface area contributed by atoms with E-state index in [1.165, 1.54) is 5.56 Å². The molecule has 0 fully saturated rings. The van der Waals surface area contributed by atoms with Crippen LogP contribution in [0.3, 0.4) is 0 Å². The maximum atomic E-state index is 5.96. The van der Waals surface area contributed by atoms with Crippen LogP contribution in [0, 0.1) is 0 Å². The van der Waals surface area contributed by atoms with E-state index >= 15 is 0 Å². The van der Waals surface area contributed by atoms with E-state index in [1.807, 2.05) is 17.5 Å². The highest BCUT2D eigenvalue weighted by molar-refractivity contribution is 7.07. The highest BCUT2D eigenvalue weighted by atomic mass is 32.1. The van der Waals surface area contributed by atoms with Gasteiger partial charge in [0.15, 0.2) is 0 Å². The van der Waals surface area contributed by atoms with Gasteiger partial charge in [0.25, 0.3) is 0 Å². The average molecular weight is 275 g/mol. The Balaban J connectivity index is 2.06. The number of benzene rings is 1. The number of hydrogen-bond acceptors (Lipinski definition) is 3. The van der Waals surface area contributed by atoms with Crippen molar-refractivity contribution in [3.8, 4) is 5.75 Å². The van der Waals surface area contributed by atoms with Crippen molar-refractivity contribution in [2.24, 2.45) is 5.73 Å². The Bertz CT molecular complexity index is 478. The number of rotatable bonds is 6. The number of hydrogen-bond donors (Lipinski definition) is 1. The van der Waals surface area contributed by atoms with Gasteiger partial charge in [-0.15, -0.1) is 0 Å². The van der Waals surface area contributed by atoms with Crippen LogP contribution in [0.15, 0.2) is 41.1 Å². The molecule has 0 aliphatic rings. The van der Waals surface area contributed by atoms with E-state index in [2.05, 4.69) is 37.4 Å². The van der Waals surface area contributed by atoms with Gasteiger partial charge in [0, 0.05) is 12.1 Å². The van der Waals surface area contributed by atoms with E-state index in [-0.39, 0.29) is 6.10 Å². The third-order valence-corrected chi connectivity index (χ3v) is 4.17. The summed E-state index contributed by atoms with van der Waals surface area (Å²) >= 11 is 1.67. The lowest BCUT2D eigenvalue weighted by Gasteiger charge is -2.17. The van der Waals surface area contributed by atoms with Crippen molar-refractivity contribution >= 4 is 11.3 Å². The lowest BCUT2D eigenvalue weighted by Crippen LogP contribution is -2.17. The zero-order valence-electron chi connectivity index (χ0n) is 11.5. The molecule has 0 saturated carbocycles. The molecule has 2 nitrogen and oxygen atoms in total. The molecule has 2 N–H and O–H groups in total. The van der Waals surface area contributed by atoms with E-state index in [1.54, 1.807) is 11.3 Å². The molecule has 2 aromatic rings. The van der Waals surface area contributed by atoms with Crippen LogP contribution in [-0.2, 0) is 0 Å². The topological polar surface area (TPSA) is 35.2 Å². The summed E-state index contributed by atoms with van der Waals surface area (Å²) in [6.45, 7) is 4.93. The summed E-state index contributed by atoms with van der Waals surface area (Å²) < 4.78 is 5.96. The number of ether oxygens (including phenoxy) is 1. The first-order valence-corrected chi connectivity index (χ1v) is 7.67. The summed E-state index contributed by atoms with van der Waals surface area (Å²) in [4.78, 5) is 0. The minimum atomic E-state index is -0.0549. The molecule has 0 bridgehead atoms. The molecule has 3 heteroatoms. The minimum absolute atomic E-state index is 0.0549. The molecule has 1 aromatic carbocycles. The maximum Gasteiger partial charge on any atom is 0.137 e. The minimum Gasteiger partial charge on any atom is -0.484 e. The summed E-state index contributed by atoms with van der Waals surface area (Å²) in [5.74, 6) is 1.48. The fraction of sp³-hybridized carbons (Fsp3) is 0.375. The third-order valence-electron chi connectivity index (χ3n) is 3.47. The molecule has 0 saturated heterocycles. The standard InChI is InChI=1S/C16H21NOS/c1-3-12(2)13-4-6-15(7-5-13)18-16(10-17)14-8-9-19-11-14/h4-9,11-12,16H,3,10,17H2,1-2H3. The second-order valence-electron chi connectivity index (χ2n) is 4.78. The summed E-state index contributed by atoms with van der Waals surface area (Å²) in [5, 5.41) is 4.14. The zero-order valence-corrected chi connectivity index (χ0v) is 12.3. The Labute approximate surface area is 119 Å². The molecule has 0 amide bonds. The van der Waals surface area contributed by atoms with Crippen LogP contribution < -0.4 is 10.5 Å². The van der Waals surface area contributed by atoms with Crippen LogP contribution in [0.2, 0.25) is 0 Å². The summed E-state index contributed by atoms with van der Waals surface area (Å²) in [5.41, 5.74) is 8.30. The Hall–Kier alpha value is -1.32. The molecule has 0 radical (unpaired) electrons. The molecule has 1 aromatic heterocycles. The van der Waals surface area contributed by atoms with Crippen molar-refractivity contribution in [3.05, 3.63) is 52.2 Å². The van der Waals surface area contributed by atoms with Crippen molar-refractivity contribution in [1.82, 2.24) is 0 Å². The molecular formula is C16H21NOS. The normalized spacial score (nSPS) is 14.1. The van der Waals surface area contributed by atoms with Gasteiger partial charge < -0.3 is 10.5 Å². The van der Waals surface area contributed by atoms with E-state index in [4.69, 9.17) is 10.5 Å². The first-order valence-electron chi connectivity index (χ1n) is 6.73. The van der Waals surface area contributed by atoms with Crippen LogP contribution in [0.25, 0.3) is 0 Å². The van der Waals surface area contributed by atoms with Crippen LogP contribution in [0.1, 0.15) is 43.4 Å². The van der Waals surface area contributed by atoms with Gasteiger partial charge in [-0.1, -0.05) is 26.0 Å². The maximum absolute atomic E-state index is 5.96. The molecular weight excluding hydrogens is 254 g/mol. The average Bonchev–Trinajstić information content (AvgIpc) is 2.98. The van der Waals surface area contributed by atoms with Crippen molar-refractivity contribution < 1.29 is 4.74 Å². The SMILES string of the molecule is CCC(C)c1ccc(OC(CN)c2ccsc2)cc1. The van der Waals surface area contributed by atoms with Crippen molar-refractivity contribution in [3.63, 3.8) is 0 Å². The van der Waals surface area contributed by atoms with Crippen LogP contribution in [-0.4, -0.2) is 6.54 Å². The second kappa shape index (κ2) is 6.73. The van der Waals surface area contributed by atoms with E-state index < -0.39 is 0 Å². The predicted molar refractivity (Wildman–Crippen MR) is 81.9 cm³/mol. The molecule has 0 aliphatic heterocycles. The lowest BCUT2D eigenvalue weighted by molar-refractivity contribution is 0.214. The first kappa shape index (κ1) is 14.1. The summed E-state index contributed by atoms with van der Waals surface area (Å²) in [6.07, 6.45) is 1.10. The molecule has 0 aliphatic carbocycles. The Morgan fingerprint density at radius 1 is 1.16 bits per heavy atom. The van der Waals surface area contributed by atoms with Gasteiger partial charge in [-0.25, -0.2) is 0 Å². The van der Waals surface area contributed by atoms with Crippen molar-refractivity contribution in [2.45, 2.75) is 32.3 Å². The monoisotopic (exact) mass is 275 g/mol. The molecule has 2 atom stereocenters. The van der Waals surface area contributed by atoms with Gasteiger partial charge in [-0.2, -0.15) is 11.3 Å². The van der Waals surface area contributed by atoms with E-state index in [0.29, 0.717) is 12.5 Å². The predicted octanol–water partition coefficient (Wildman–Crippen LogP) is 4.34. The molecule has 102 valence electrons. The lowest BCUT2D eigenvalue weighted by atomic mass is 9.99. The largest absolute Gasteiger partial charge is 0.484 e. The zero-order chi connectivity index (χ0) is 13.7. The third kappa shape index (κ3) is 3.58. The molecule has 2 unspecified atom stereocenters. The van der Waals surface area contributed by atoms with Gasteiger partial charge in [0.1, 0.15) is 11.9 Å². The molecule has 19 heavy (non-hydrogen) atoms. The fourth-order valence-corrected chi connectivity index (χ4v) is 2.69. The highest BCUT2D eigenvalue weighted by Gasteiger charge is 2.12. The van der Waals surface area contributed by atoms with Crippen LogP contribution >= 0.6 is 11.3 Å². The van der Waals surface area contributed by atoms with Gasteiger partial charge in [-0.05, 0) is 46.9 Å².